The molecule has 9 heteroatoms. The maximum atomic E-state index is 12.3. The Morgan fingerprint density at radius 1 is 1.33 bits per heavy atom. The Hall–Kier alpha value is -2.06. The van der Waals surface area contributed by atoms with Gasteiger partial charge in [-0.05, 0) is 41.5 Å². The number of tetrazole rings is 1. The van der Waals surface area contributed by atoms with E-state index in [1.807, 2.05) is 23.1 Å². The molecule has 3 heterocycles. The summed E-state index contributed by atoms with van der Waals surface area (Å²) in [6.45, 7) is 1.67. The molecular weight excluding hydrogens is 348 g/mol. The second-order valence-electron chi connectivity index (χ2n) is 5.83. The molecule has 1 saturated heterocycles. The summed E-state index contributed by atoms with van der Waals surface area (Å²) < 4.78 is 2.61. The normalized spacial score (nSPS) is 16.0. The molecule has 4 rings (SSSR count). The first-order valence-electron chi connectivity index (χ1n) is 7.73. The number of piperidine rings is 1. The molecule has 7 nitrogen and oxygen atoms in total. The summed E-state index contributed by atoms with van der Waals surface area (Å²) >= 11 is 7.75. The number of likely N-dealkylation sites (tertiary alicyclic amines) is 1. The lowest BCUT2D eigenvalue weighted by Crippen LogP contribution is -2.39. The Morgan fingerprint density at radius 3 is 2.92 bits per heavy atom. The van der Waals surface area contributed by atoms with E-state index in [0.717, 1.165) is 41.2 Å². The average Bonchev–Trinajstić information content (AvgIpc) is 3.24. The van der Waals surface area contributed by atoms with Gasteiger partial charge < -0.3 is 4.90 Å². The Labute approximate surface area is 147 Å². The van der Waals surface area contributed by atoms with Gasteiger partial charge in [-0.15, -0.1) is 16.4 Å². The van der Waals surface area contributed by atoms with Crippen molar-refractivity contribution < 1.29 is 4.79 Å². The minimum Gasteiger partial charge on any atom is -0.341 e. The van der Waals surface area contributed by atoms with Gasteiger partial charge in [0.2, 0.25) is 5.91 Å². The summed E-state index contributed by atoms with van der Waals surface area (Å²) in [6, 6.07) is 5.82. The number of carbonyl (C=O) groups excluding carboxylic acids is 1. The lowest BCUT2D eigenvalue weighted by atomic mass is 9.97. The molecule has 0 atom stereocenters. The van der Waals surface area contributed by atoms with Crippen LogP contribution >= 0.6 is 22.9 Å². The summed E-state index contributed by atoms with van der Waals surface area (Å²) in [6.07, 6.45) is 3.31. The summed E-state index contributed by atoms with van der Waals surface area (Å²) in [5.41, 5.74) is 0.958. The monoisotopic (exact) mass is 362 g/mol. The summed E-state index contributed by atoms with van der Waals surface area (Å²) in [4.78, 5) is 18.9. The van der Waals surface area contributed by atoms with E-state index >= 15 is 0 Å². The van der Waals surface area contributed by atoms with Crippen LogP contribution in [0.3, 0.4) is 0 Å². The molecule has 1 amide bonds. The van der Waals surface area contributed by atoms with Crippen molar-refractivity contribution >= 4 is 39.1 Å². The Kier molecular flexibility index (Phi) is 4.15. The highest BCUT2D eigenvalue weighted by atomic mass is 35.5. The van der Waals surface area contributed by atoms with Gasteiger partial charge in [-0.25, -0.2) is 9.67 Å². The number of aromatic nitrogens is 5. The first-order valence-corrected chi connectivity index (χ1v) is 8.93. The summed E-state index contributed by atoms with van der Waals surface area (Å²) in [7, 11) is 0. The first kappa shape index (κ1) is 15.5. The van der Waals surface area contributed by atoms with E-state index in [1.54, 1.807) is 11.3 Å². The van der Waals surface area contributed by atoms with Crippen LogP contribution in [-0.2, 0) is 11.3 Å². The zero-order chi connectivity index (χ0) is 16.5. The third kappa shape index (κ3) is 3.11. The second kappa shape index (κ2) is 6.45. The van der Waals surface area contributed by atoms with Gasteiger partial charge in [0.1, 0.15) is 12.9 Å². The molecule has 2 aromatic heterocycles. The van der Waals surface area contributed by atoms with E-state index in [9.17, 15) is 4.79 Å². The molecule has 0 unspecified atom stereocenters. The zero-order valence-electron chi connectivity index (χ0n) is 12.8. The van der Waals surface area contributed by atoms with Crippen LogP contribution in [0.4, 0.5) is 0 Å². The fraction of sp³-hybridized carbons (Fsp3) is 0.400. The van der Waals surface area contributed by atoms with Crippen LogP contribution in [0.2, 0.25) is 5.02 Å². The number of amides is 1. The largest absolute Gasteiger partial charge is 0.341 e. The third-order valence-electron chi connectivity index (χ3n) is 4.25. The Morgan fingerprint density at radius 2 is 2.17 bits per heavy atom. The van der Waals surface area contributed by atoms with Gasteiger partial charge >= 0.3 is 0 Å². The number of fused-ring (bicyclic) bond motifs is 1. The highest BCUT2D eigenvalue weighted by molar-refractivity contribution is 7.18. The summed E-state index contributed by atoms with van der Waals surface area (Å²) in [5, 5.41) is 12.7. The Bertz CT molecular complexity index is 856. The van der Waals surface area contributed by atoms with E-state index in [-0.39, 0.29) is 12.5 Å². The number of nitrogens with zero attached hydrogens (tertiary/aromatic N) is 6. The van der Waals surface area contributed by atoms with Crippen molar-refractivity contribution in [2.75, 3.05) is 13.1 Å². The highest BCUT2D eigenvalue weighted by Gasteiger charge is 2.26. The van der Waals surface area contributed by atoms with Crippen LogP contribution in [-0.4, -0.2) is 49.1 Å². The predicted octanol–water partition coefficient (Wildman–Crippen LogP) is 2.34. The lowest BCUT2D eigenvalue weighted by molar-refractivity contribution is -0.133. The van der Waals surface area contributed by atoms with Gasteiger partial charge in [-0.1, -0.05) is 11.6 Å². The molecule has 0 bridgehead atoms. The molecular formula is C15H15ClN6OS. The molecule has 1 aliphatic rings. The van der Waals surface area contributed by atoms with Crippen molar-refractivity contribution in [3.05, 3.63) is 34.6 Å². The van der Waals surface area contributed by atoms with E-state index in [0.29, 0.717) is 10.9 Å². The molecule has 0 spiro atoms. The fourth-order valence-electron chi connectivity index (χ4n) is 2.96. The quantitative estimate of drug-likeness (QED) is 0.714. The van der Waals surface area contributed by atoms with E-state index in [4.69, 9.17) is 16.6 Å². The molecule has 0 N–H and O–H groups in total. The SMILES string of the molecule is O=C(Cn1cnnn1)N1CCC(c2nc3cc(Cl)ccc3s2)CC1. The number of hydrogen-bond donors (Lipinski definition) is 0. The molecule has 3 aromatic rings. The Balaban J connectivity index is 1.40. The van der Waals surface area contributed by atoms with Crippen molar-refractivity contribution in [2.24, 2.45) is 0 Å². The molecule has 1 aliphatic heterocycles. The molecule has 0 aliphatic carbocycles. The highest BCUT2D eigenvalue weighted by Crippen LogP contribution is 2.34. The van der Waals surface area contributed by atoms with Crippen molar-refractivity contribution in [3.63, 3.8) is 0 Å². The van der Waals surface area contributed by atoms with Crippen LogP contribution in [0.25, 0.3) is 10.2 Å². The van der Waals surface area contributed by atoms with Gasteiger partial charge in [0.25, 0.3) is 0 Å². The van der Waals surface area contributed by atoms with Crippen LogP contribution in [0.15, 0.2) is 24.5 Å². The van der Waals surface area contributed by atoms with Crippen LogP contribution in [0, 0.1) is 0 Å². The predicted molar refractivity (Wildman–Crippen MR) is 91.0 cm³/mol. The summed E-state index contributed by atoms with van der Waals surface area (Å²) in [5.74, 6) is 0.454. The average molecular weight is 363 g/mol. The smallest absolute Gasteiger partial charge is 0.244 e. The van der Waals surface area contributed by atoms with Gasteiger partial charge in [-0.2, -0.15) is 0 Å². The molecule has 124 valence electrons. The van der Waals surface area contributed by atoms with E-state index in [2.05, 4.69) is 15.5 Å². The second-order valence-corrected chi connectivity index (χ2v) is 7.33. The molecule has 0 saturated carbocycles. The van der Waals surface area contributed by atoms with Gasteiger partial charge in [0, 0.05) is 24.0 Å². The standard InChI is InChI=1S/C15H15ClN6OS/c16-11-1-2-13-12(7-11)18-15(24-13)10-3-5-21(6-4-10)14(23)8-22-9-17-19-20-22/h1-2,7,9-10H,3-6,8H2. The van der Waals surface area contributed by atoms with Gasteiger partial charge in [0.15, 0.2) is 0 Å². The number of thiazole rings is 1. The first-order chi connectivity index (χ1) is 11.7. The topological polar surface area (TPSA) is 76.8 Å². The molecule has 24 heavy (non-hydrogen) atoms. The molecule has 0 radical (unpaired) electrons. The van der Waals surface area contributed by atoms with Gasteiger partial charge in [-0.3, -0.25) is 4.79 Å². The minimum absolute atomic E-state index is 0.0526. The van der Waals surface area contributed by atoms with Crippen molar-refractivity contribution in [1.82, 2.24) is 30.1 Å². The van der Waals surface area contributed by atoms with Crippen molar-refractivity contribution in [3.8, 4) is 0 Å². The van der Waals surface area contributed by atoms with Crippen LogP contribution < -0.4 is 0 Å². The van der Waals surface area contributed by atoms with E-state index < -0.39 is 0 Å². The number of halogens is 1. The van der Waals surface area contributed by atoms with Crippen molar-refractivity contribution in [2.45, 2.75) is 25.3 Å². The fourth-order valence-corrected chi connectivity index (χ4v) is 4.24. The van der Waals surface area contributed by atoms with Crippen LogP contribution in [0.5, 0.6) is 0 Å². The number of benzene rings is 1. The van der Waals surface area contributed by atoms with Gasteiger partial charge in [0.05, 0.1) is 15.2 Å². The maximum Gasteiger partial charge on any atom is 0.244 e. The molecule has 1 fully saturated rings. The van der Waals surface area contributed by atoms with Crippen molar-refractivity contribution in [1.29, 1.82) is 0 Å². The van der Waals surface area contributed by atoms with Crippen LogP contribution in [0.1, 0.15) is 23.8 Å². The number of rotatable bonds is 3. The number of hydrogen-bond acceptors (Lipinski definition) is 6. The molecule has 1 aromatic carbocycles. The third-order valence-corrected chi connectivity index (χ3v) is 5.69. The minimum atomic E-state index is 0.0526. The maximum absolute atomic E-state index is 12.3. The van der Waals surface area contributed by atoms with E-state index in [1.165, 1.54) is 11.0 Å². The number of carbonyl (C=O) groups is 1. The zero-order valence-corrected chi connectivity index (χ0v) is 14.4. The lowest BCUT2D eigenvalue weighted by Gasteiger charge is -2.31.